The number of carbonyl (C=O) groups excluding carboxylic acids is 1. The summed E-state index contributed by atoms with van der Waals surface area (Å²) in [7, 11) is 0. The second kappa shape index (κ2) is 6.26. The number of ether oxygens (including phenoxy) is 1. The lowest BCUT2D eigenvalue weighted by Crippen LogP contribution is -2.41. The lowest BCUT2D eigenvalue weighted by atomic mass is 9.94. The van der Waals surface area contributed by atoms with E-state index >= 15 is 0 Å². The number of amides is 1. The molecular weight excluding hydrogens is 266 g/mol. The van der Waals surface area contributed by atoms with Gasteiger partial charge in [-0.1, -0.05) is 12.1 Å². The summed E-state index contributed by atoms with van der Waals surface area (Å²) >= 11 is 0. The van der Waals surface area contributed by atoms with Crippen molar-refractivity contribution in [1.82, 2.24) is 14.9 Å². The predicted molar refractivity (Wildman–Crippen MR) is 80.9 cm³/mol. The zero-order chi connectivity index (χ0) is 14.7. The molecule has 1 N–H and O–H groups in total. The Bertz CT molecular complexity index is 623. The largest absolute Gasteiger partial charge is 0.378 e. The van der Waals surface area contributed by atoms with E-state index in [9.17, 15) is 4.79 Å². The van der Waals surface area contributed by atoms with E-state index < -0.39 is 0 Å². The maximum atomic E-state index is 12.2. The van der Waals surface area contributed by atoms with Gasteiger partial charge < -0.3 is 14.6 Å². The predicted octanol–water partition coefficient (Wildman–Crippen LogP) is 1.97. The number of carbonyl (C=O) groups is 1. The fourth-order valence-corrected chi connectivity index (χ4v) is 2.89. The van der Waals surface area contributed by atoms with Crippen molar-refractivity contribution in [1.29, 1.82) is 0 Å². The van der Waals surface area contributed by atoms with E-state index in [4.69, 9.17) is 4.74 Å². The van der Waals surface area contributed by atoms with E-state index in [2.05, 4.69) is 14.9 Å². The van der Waals surface area contributed by atoms with Crippen molar-refractivity contribution in [2.45, 2.75) is 32.4 Å². The second-order valence-corrected chi connectivity index (χ2v) is 5.54. The van der Waals surface area contributed by atoms with E-state index in [1.165, 1.54) is 0 Å². The molecule has 1 aromatic carbocycles. The monoisotopic (exact) mass is 287 g/mol. The molecule has 2 unspecified atom stereocenters. The highest BCUT2D eigenvalue weighted by atomic mass is 16.5. The van der Waals surface area contributed by atoms with Crippen LogP contribution in [0.1, 0.15) is 19.8 Å². The van der Waals surface area contributed by atoms with E-state index in [1.54, 1.807) is 0 Å². The summed E-state index contributed by atoms with van der Waals surface area (Å²) in [6.45, 7) is 4.09. The highest BCUT2D eigenvalue weighted by Crippen LogP contribution is 2.20. The van der Waals surface area contributed by atoms with Crippen LogP contribution in [0, 0.1) is 5.92 Å². The fourth-order valence-electron chi connectivity index (χ4n) is 2.89. The minimum absolute atomic E-state index is 0.0155. The van der Waals surface area contributed by atoms with Crippen molar-refractivity contribution in [2.75, 3.05) is 13.2 Å². The Balaban J connectivity index is 1.55. The van der Waals surface area contributed by atoms with Crippen molar-refractivity contribution in [3.8, 4) is 0 Å². The Morgan fingerprint density at radius 2 is 2.33 bits per heavy atom. The molecule has 0 saturated carbocycles. The maximum absolute atomic E-state index is 12.2. The first-order valence-electron chi connectivity index (χ1n) is 7.55. The van der Waals surface area contributed by atoms with Gasteiger partial charge in [-0.25, -0.2) is 4.98 Å². The minimum atomic E-state index is -0.0155. The molecule has 2 aromatic rings. The molecule has 5 nitrogen and oxygen atoms in total. The third kappa shape index (κ3) is 3.08. The van der Waals surface area contributed by atoms with Crippen molar-refractivity contribution in [3.63, 3.8) is 0 Å². The molecular formula is C16H21N3O2. The van der Waals surface area contributed by atoms with Crippen LogP contribution in [0.4, 0.5) is 0 Å². The Morgan fingerprint density at radius 3 is 3.19 bits per heavy atom. The third-order valence-corrected chi connectivity index (χ3v) is 4.12. The lowest BCUT2D eigenvalue weighted by Gasteiger charge is -2.28. The summed E-state index contributed by atoms with van der Waals surface area (Å²) in [5.41, 5.74) is 2.08. The number of fused-ring (bicyclic) bond motifs is 1. The molecule has 112 valence electrons. The van der Waals surface area contributed by atoms with Crippen molar-refractivity contribution in [2.24, 2.45) is 5.92 Å². The molecule has 1 saturated heterocycles. The van der Waals surface area contributed by atoms with Gasteiger partial charge in [0.1, 0.15) is 0 Å². The zero-order valence-corrected chi connectivity index (χ0v) is 12.3. The van der Waals surface area contributed by atoms with E-state index in [1.807, 2.05) is 37.5 Å². The number of aromatic nitrogens is 2. The number of nitrogens with zero attached hydrogens (tertiary/aromatic N) is 2. The Labute approximate surface area is 124 Å². The van der Waals surface area contributed by atoms with Gasteiger partial charge in [-0.15, -0.1) is 0 Å². The summed E-state index contributed by atoms with van der Waals surface area (Å²) in [6.07, 6.45) is 3.73. The van der Waals surface area contributed by atoms with Crippen LogP contribution in [0.5, 0.6) is 0 Å². The molecule has 1 amide bonds. The second-order valence-electron chi connectivity index (χ2n) is 5.54. The molecule has 1 aliphatic heterocycles. The quantitative estimate of drug-likeness (QED) is 0.935. The van der Waals surface area contributed by atoms with Gasteiger partial charge in [0.25, 0.3) is 0 Å². The van der Waals surface area contributed by atoms with Gasteiger partial charge >= 0.3 is 0 Å². The van der Waals surface area contributed by atoms with Crippen LogP contribution < -0.4 is 5.32 Å². The SMILES string of the molecule is CC1OCCCC1C(=O)NCCn1cnc2ccccc21. The van der Waals surface area contributed by atoms with Gasteiger partial charge in [0.2, 0.25) is 5.91 Å². The molecule has 2 atom stereocenters. The number of hydrogen-bond acceptors (Lipinski definition) is 3. The molecule has 3 rings (SSSR count). The molecule has 21 heavy (non-hydrogen) atoms. The summed E-state index contributed by atoms with van der Waals surface area (Å²) < 4.78 is 7.61. The molecule has 5 heteroatoms. The van der Waals surface area contributed by atoms with Crippen LogP contribution in [-0.4, -0.2) is 34.7 Å². The van der Waals surface area contributed by atoms with Crippen LogP contribution in [0.2, 0.25) is 0 Å². The van der Waals surface area contributed by atoms with Crippen LogP contribution in [0.3, 0.4) is 0 Å². The molecule has 1 aliphatic rings. The van der Waals surface area contributed by atoms with Crippen LogP contribution >= 0.6 is 0 Å². The number of imidazole rings is 1. The smallest absolute Gasteiger partial charge is 0.225 e. The van der Waals surface area contributed by atoms with Gasteiger partial charge in [0, 0.05) is 19.7 Å². The van der Waals surface area contributed by atoms with Crippen molar-refractivity contribution in [3.05, 3.63) is 30.6 Å². The number of rotatable bonds is 4. The van der Waals surface area contributed by atoms with E-state index in [0.29, 0.717) is 6.54 Å². The maximum Gasteiger partial charge on any atom is 0.225 e. The fraction of sp³-hybridized carbons (Fsp3) is 0.500. The molecule has 1 aromatic heterocycles. The zero-order valence-electron chi connectivity index (χ0n) is 12.3. The molecule has 0 aliphatic carbocycles. The van der Waals surface area contributed by atoms with E-state index in [-0.39, 0.29) is 17.9 Å². The molecule has 1 fully saturated rings. The number of nitrogens with one attached hydrogen (secondary N) is 1. The van der Waals surface area contributed by atoms with Crippen LogP contribution in [0.25, 0.3) is 11.0 Å². The first-order chi connectivity index (χ1) is 10.3. The van der Waals surface area contributed by atoms with Gasteiger partial charge in [-0.2, -0.15) is 0 Å². The van der Waals surface area contributed by atoms with Gasteiger partial charge in [0.05, 0.1) is 29.4 Å². The van der Waals surface area contributed by atoms with Crippen LogP contribution in [0.15, 0.2) is 30.6 Å². The number of hydrogen-bond donors (Lipinski definition) is 1. The van der Waals surface area contributed by atoms with Crippen molar-refractivity contribution >= 4 is 16.9 Å². The summed E-state index contributed by atoms with van der Waals surface area (Å²) in [6, 6.07) is 8.01. The summed E-state index contributed by atoms with van der Waals surface area (Å²) in [5, 5.41) is 3.02. The van der Waals surface area contributed by atoms with Crippen molar-refractivity contribution < 1.29 is 9.53 Å². The lowest BCUT2D eigenvalue weighted by molar-refractivity contribution is -0.133. The van der Waals surface area contributed by atoms with Gasteiger partial charge in [0.15, 0.2) is 0 Å². The average Bonchev–Trinajstić information content (AvgIpc) is 2.91. The number of benzene rings is 1. The number of para-hydroxylation sites is 2. The van der Waals surface area contributed by atoms with Gasteiger partial charge in [-0.05, 0) is 31.9 Å². The highest BCUT2D eigenvalue weighted by Gasteiger charge is 2.28. The summed E-state index contributed by atoms with van der Waals surface area (Å²) in [5.74, 6) is 0.0879. The standard InChI is InChI=1S/C16H21N3O2/c1-12-13(5-4-10-21-12)16(20)17-8-9-19-11-18-14-6-2-3-7-15(14)19/h2-3,6-7,11-13H,4-5,8-10H2,1H3,(H,17,20). The first kappa shape index (κ1) is 14.1. The third-order valence-electron chi connectivity index (χ3n) is 4.12. The topological polar surface area (TPSA) is 56.1 Å². The van der Waals surface area contributed by atoms with E-state index in [0.717, 1.165) is 37.0 Å². The molecule has 0 bridgehead atoms. The Morgan fingerprint density at radius 1 is 1.48 bits per heavy atom. The molecule has 0 radical (unpaired) electrons. The van der Waals surface area contributed by atoms with Gasteiger partial charge in [-0.3, -0.25) is 4.79 Å². The molecule has 0 spiro atoms. The Hall–Kier alpha value is -1.88. The normalized spacial score (nSPS) is 22.3. The summed E-state index contributed by atoms with van der Waals surface area (Å²) in [4.78, 5) is 16.5. The van der Waals surface area contributed by atoms with Crippen LogP contribution in [-0.2, 0) is 16.1 Å². The minimum Gasteiger partial charge on any atom is -0.378 e. The molecule has 2 heterocycles. The highest BCUT2D eigenvalue weighted by molar-refractivity contribution is 5.79. The Kier molecular flexibility index (Phi) is 4.20. The first-order valence-corrected chi connectivity index (χ1v) is 7.55. The average molecular weight is 287 g/mol.